The van der Waals surface area contributed by atoms with E-state index < -0.39 is 0 Å². The van der Waals surface area contributed by atoms with Crippen LogP contribution < -0.4 is 10.2 Å². The molecule has 2 heterocycles. The van der Waals surface area contributed by atoms with Gasteiger partial charge in [-0.05, 0) is 54.8 Å². The van der Waals surface area contributed by atoms with E-state index in [2.05, 4.69) is 16.4 Å². The molecule has 4 rings (SSSR count). The fourth-order valence-corrected chi connectivity index (χ4v) is 3.34. The van der Waals surface area contributed by atoms with Crippen LogP contribution in [0.3, 0.4) is 0 Å². The molecule has 1 aliphatic heterocycles. The van der Waals surface area contributed by atoms with Crippen molar-refractivity contribution in [1.82, 2.24) is 4.98 Å². The lowest BCUT2D eigenvalue weighted by Crippen LogP contribution is -2.29. The number of anilines is 3. The SMILES string of the molecule is Cc1ccc(Cl)cc1Nc1ccc(C(=O)N2CCc3ccccc32)nc1. The summed E-state index contributed by atoms with van der Waals surface area (Å²) in [6.07, 6.45) is 2.56. The van der Waals surface area contributed by atoms with Gasteiger partial charge in [0.2, 0.25) is 0 Å². The topological polar surface area (TPSA) is 45.2 Å². The van der Waals surface area contributed by atoms with Crippen LogP contribution in [-0.4, -0.2) is 17.4 Å². The van der Waals surface area contributed by atoms with Gasteiger partial charge in [0.05, 0.1) is 11.9 Å². The average molecular weight is 364 g/mol. The molecule has 0 atom stereocenters. The first-order valence-corrected chi connectivity index (χ1v) is 8.88. The Hall–Kier alpha value is -2.85. The van der Waals surface area contributed by atoms with Crippen LogP contribution in [0.2, 0.25) is 5.02 Å². The van der Waals surface area contributed by atoms with Gasteiger partial charge in [0.15, 0.2) is 0 Å². The summed E-state index contributed by atoms with van der Waals surface area (Å²) in [5.41, 5.74) is 5.45. The standard InChI is InChI=1S/C21H18ClN3O/c1-14-6-7-16(22)12-19(14)24-17-8-9-18(23-13-17)21(26)25-11-10-15-4-2-3-5-20(15)25/h2-9,12-13,24H,10-11H2,1H3. The van der Waals surface area contributed by atoms with Crippen molar-refractivity contribution >= 4 is 34.6 Å². The van der Waals surface area contributed by atoms with Crippen LogP contribution in [-0.2, 0) is 6.42 Å². The van der Waals surface area contributed by atoms with Crippen molar-refractivity contribution in [3.05, 3.63) is 82.6 Å². The largest absolute Gasteiger partial charge is 0.354 e. The summed E-state index contributed by atoms with van der Waals surface area (Å²) in [5, 5.41) is 3.96. The number of benzene rings is 2. The molecular weight excluding hydrogens is 346 g/mol. The molecule has 0 unspecified atom stereocenters. The quantitative estimate of drug-likeness (QED) is 0.713. The number of halogens is 1. The molecule has 0 bridgehead atoms. The highest BCUT2D eigenvalue weighted by Gasteiger charge is 2.25. The second-order valence-electron chi connectivity index (χ2n) is 6.35. The minimum Gasteiger partial charge on any atom is -0.354 e. The molecule has 0 saturated carbocycles. The van der Waals surface area contributed by atoms with Crippen molar-refractivity contribution in [2.45, 2.75) is 13.3 Å². The van der Waals surface area contributed by atoms with E-state index in [1.165, 1.54) is 5.56 Å². The highest BCUT2D eigenvalue weighted by Crippen LogP contribution is 2.29. The van der Waals surface area contributed by atoms with E-state index in [0.717, 1.165) is 29.0 Å². The molecule has 0 spiro atoms. The highest BCUT2D eigenvalue weighted by atomic mass is 35.5. The third kappa shape index (κ3) is 3.16. The summed E-state index contributed by atoms with van der Waals surface area (Å²) in [7, 11) is 0. The van der Waals surface area contributed by atoms with Gasteiger partial charge >= 0.3 is 0 Å². The highest BCUT2D eigenvalue weighted by molar-refractivity contribution is 6.30. The maximum atomic E-state index is 12.8. The van der Waals surface area contributed by atoms with Crippen molar-refractivity contribution in [3.63, 3.8) is 0 Å². The van der Waals surface area contributed by atoms with Gasteiger partial charge in [-0.15, -0.1) is 0 Å². The minimum atomic E-state index is -0.0690. The zero-order valence-corrected chi connectivity index (χ0v) is 15.1. The lowest BCUT2D eigenvalue weighted by atomic mass is 10.2. The van der Waals surface area contributed by atoms with Crippen molar-refractivity contribution in [3.8, 4) is 0 Å². The number of nitrogens with one attached hydrogen (secondary N) is 1. The number of carbonyl (C=O) groups is 1. The zero-order chi connectivity index (χ0) is 18.1. The van der Waals surface area contributed by atoms with Gasteiger partial charge in [0.1, 0.15) is 5.69 Å². The summed E-state index contributed by atoms with van der Waals surface area (Å²) in [5.74, 6) is -0.0690. The maximum Gasteiger partial charge on any atom is 0.276 e. The molecule has 0 radical (unpaired) electrons. The van der Waals surface area contributed by atoms with E-state index in [1.54, 1.807) is 17.2 Å². The molecule has 1 amide bonds. The molecule has 1 N–H and O–H groups in total. The molecule has 0 saturated heterocycles. The number of aromatic nitrogens is 1. The van der Waals surface area contributed by atoms with Crippen molar-refractivity contribution in [2.24, 2.45) is 0 Å². The fourth-order valence-electron chi connectivity index (χ4n) is 3.17. The van der Waals surface area contributed by atoms with E-state index in [-0.39, 0.29) is 5.91 Å². The minimum absolute atomic E-state index is 0.0690. The van der Waals surface area contributed by atoms with Crippen LogP contribution in [0.5, 0.6) is 0 Å². The Morgan fingerprint density at radius 2 is 2.00 bits per heavy atom. The average Bonchev–Trinajstić information content (AvgIpc) is 3.09. The lowest BCUT2D eigenvalue weighted by Gasteiger charge is -2.17. The zero-order valence-electron chi connectivity index (χ0n) is 14.4. The number of pyridine rings is 1. The number of nitrogens with zero attached hydrogens (tertiary/aromatic N) is 2. The second kappa shape index (κ2) is 6.81. The van der Waals surface area contributed by atoms with Crippen LogP contribution in [0.4, 0.5) is 17.1 Å². The molecule has 130 valence electrons. The molecule has 0 fully saturated rings. The van der Waals surface area contributed by atoms with E-state index in [9.17, 15) is 4.79 Å². The van der Waals surface area contributed by atoms with Gasteiger partial charge in [-0.25, -0.2) is 4.98 Å². The third-order valence-electron chi connectivity index (χ3n) is 4.59. The molecule has 1 aromatic heterocycles. The Morgan fingerprint density at radius 3 is 2.81 bits per heavy atom. The first-order chi connectivity index (χ1) is 12.6. The molecule has 2 aromatic carbocycles. The lowest BCUT2D eigenvalue weighted by molar-refractivity contribution is 0.0984. The summed E-state index contributed by atoms with van der Waals surface area (Å²) in [4.78, 5) is 19.0. The van der Waals surface area contributed by atoms with Crippen molar-refractivity contribution < 1.29 is 4.79 Å². The predicted molar refractivity (Wildman–Crippen MR) is 106 cm³/mol. The molecule has 5 heteroatoms. The normalized spacial score (nSPS) is 12.8. The predicted octanol–water partition coefficient (Wildman–Crippen LogP) is 4.99. The smallest absolute Gasteiger partial charge is 0.276 e. The van der Waals surface area contributed by atoms with Crippen LogP contribution in [0, 0.1) is 6.92 Å². The Labute approximate surface area is 157 Å². The van der Waals surface area contributed by atoms with Crippen LogP contribution in [0.1, 0.15) is 21.6 Å². The van der Waals surface area contributed by atoms with Gasteiger partial charge in [-0.2, -0.15) is 0 Å². The van der Waals surface area contributed by atoms with Crippen LogP contribution in [0.25, 0.3) is 0 Å². The molecular formula is C21H18ClN3O. The summed E-state index contributed by atoms with van der Waals surface area (Å²) in [6.45, 7) is 2.70. The number of hydrogen-bond donors (Lipinski definition) is 1. The monoisotopic (exact) mass is 363 g/mol. The van der Waals surface area contributed by atoms with Gasteiger partial charge in [0.25, 0.3) is 5.91 Å². The van der Waals surface area contributed by atoms with Crippen LogP contribution >= 0.6 is 11.6 Å². The van der Waals surface area contributed by atoms with E-state index >= 15 is 0 Å². The Balaban J connectivity index is 1.53. The van der Waals surface area contributed by atoms with Gasteiger partial charge in [-0.1, -0.05) is 35.9 Å². The molecule has 0 aliphatic carbocycles. The number of amides is 1. The van der Waals surface area contributed by atoms with Gasteiger partial charge < -0.3 is 10.2 Å². The number of hydrogen-bond acceptors (Lipinski definition) is 3. The third-order valence-corrected chi connectivity index (χ3v) is 4.83. The summed E-state index contributed by atoms with van der Waals surface area (Å²) in [6, 6.07) is 17.3. The van der Waals surface area contributed by atoms with E-state index in [4.69, 9.17) is 11.6 Å². The maximum absolute atomic E-state index is 12.8. The number of rotatable bonds is 3. The second-order valence-corrected chi connectivity index (χ2v) is 6.79. The van der Waals surface area contributed by atoms with Crippen molar-refractivity contribution in [2.75, 3.05) is 16.8 Å². The Kier molecular flexibility index (Phi) is 4.35. The van der Waals surface area contributed by atoms with Gasteiger partial charge in [0, 0.05) is 22.9 Å². The molecule has 3 aromatic rings. The molecule has 1 aliphatic rings. The fraction of sp³-hybridized carbons (Fsp3) is 0.143. The number of aryl methyl sites for hydroxylation is 1. The van der Waals surface area contributed by atoms with E-state index in [0.29, 0.717) is 17.3 Å². The molecule has 4 nitrogen and oxygen atoms in total. The van der Waals surface area contributed by atoms with Crippen molar-refractivity contribution in [1.29, 1.82) is 0 Å². The summed E-state index contributed by atoms with van der Waals surface area (Å²) >= 11 is 6.06. The van der Waals surface area contributed by atoms with E-state index in [1.807, 2.05) is 49.4 Å². The van der Waals surface area contributed by atoms with Gasteiger partial charge in [-0.3, -0.25) is 4.79 Å². The first-order valence-electron chi connectivity index (χ1n) is 8.51. The first kappa shape index (κ1) is 16.6. The summed E-state index contributed by atoms with van der Waals surface area (Å²) < 4.78 is 0. The number of carbonyl (C=O) groups excluding carboxylic acids is 1. The van der Waals surface area contributed by atoms with Crippen LogP contribution in [0.15, 0.2) is 60.8 Å². The Bertz CT molecular complexity index is 969. The number of para-hydroxylation sites is 1. The molecule has 26 heavy (non-hydrogen) atoms. The number of fused-ring (bicyclic) bond motifs is 1. The Morgan fingerprint density at radius 1 is 1.15 bits per heavy atom.